The van der Waals surface area contributed by atoms with Crippen molar-refractivity contribution in [3.8, 4) is 5.75 Å². The number of hydrogen-bond donors (Lipinski definition) is 0. The number of para-hydroxylation sites is 1. The van der Waals surface area contributed by atoms with E-state index in [0.717, 1.165) is 22.7 Å². The van der Waals surface area contributed by atoms with Crippen LogP contribution < -0.4 is 9.80 Å². The monoisotopic (exact) mass is 243 g/mol. The molecule has 2 aromatic carbocycles. The van der Waals surface area contributed by atoms with Crippen molar-refractivity contribution < 1.29 is 9.57 Å². The van der Waals surface area contributed by atoms with Gasteiger partial charge in [0.05, 0.1) is 25.6 Å². The van der Waals surface area contributed by atoms with Crippen molar-refractivity contribution in [3.05, 3.63) is 54.1 Å². The molecule has 0 saturated carbocycles. The van der Waals surface area contributed by atoms with E-state index in [1.165, 1.54) is 0 Å². The van der Waals surface area contributed by atoms with Crippen molar-refractivity contribution in [3.63, 3.8) is 0 Å². The SMILES string of the molecule is COc1ccc(C)c(N(OC)c2ccccc2)c1. The summed E-state index contributed by atoms with van der Waals surface area (Å²) >= 11 is 0. The van der Waals surface area contributed by atoms with Crippen molar-refractivity contribution in [1.29, 1.82) is 0 Å². The maximum Gasteiger partial charge on any atom is 0.121 e. The van der Waals surface area contributed by atoms with Crippen molar-refractivity contribution in [2.24, 2.45) is 0 Å². The van der Waals surface area contributed by atoms with Crippen molar-refractivity contribution >= 4 is 11.4 Å². The Hall–Kier alpha value is -2.00. The predicted octanol–water partition coefficient (Wildman–Crippen LogP) is 3.70. The molecule has 0 aliphatic rings. The molecule has 0 aromatic heterocycles. The van der Waals surface area contributed by atoms with Gasteiger partial charge in [-0.1, -0.05) is 24.3 Å². The van der Waals surface area contributed by atoms with E-state index in [1.54, 1.807) is 19.3 Å². The first-order valence-corrected chi connectivity index (χ1v) is 5.80. The number of methoxy groups -OCH3 is 1. The van der Waals surface area contributed by atoms with Crippen LogP contribution in [0.4, 0.5) is 11.4 Å². The molecule has 3 heteroatoms. The summed E-state index contributed by atoms with van der Waals surface area (Å²) < 4.78 is 5.26. The van der Waals surface area contributed by atoms with E-state index in [1.807, 2.05) is 55.5 Å². The van der Waals surface area contributed by atoms with Crippen LogP contribution in [0.2, 0.25) is 0 Å². The molecule has 94 valence electrons. The number of aryl methyl sites for hydroxylation is 1. The molecule has 0 aliphatic heterocycles. The molecule has 0 aliphatic carbocycles. The van der Waals surface area contributed by atoms with Gasteiger partial charge in [-0.25, -0.2) is 5.06 Å². The van der Waals surface area contributed by atoms with Gasteiger partial charge in [-0.3, -0.25) is 4.84 Å². The highest BCUT2D eigenvalue weighted by Crippen LogP contribution is 2.31. The molecular weight excluding hydrogens is 226 g/mol. The van der Waals surface area contributed by atoms with Gasteiger partial charge in [0.1, 0.15) is 5.75 Å². The van der Waals surface area contributed by atoms with Crippen LogP contribution in [0.25, 0.3) is 0 Å². The number of rotatable bonds is 4. The Bertz CT molecular complexity index is 511. The topological polar surface area (TPSA) is 21.7 Å². The molecule has 0 heterocycles. The predicted molar refractivity (Wildman–Crippen MR) is 73.3 cm³/mol. The first-order chi connectivity index (χ1) is 8.76. The summed E-state index contributed by atoms with van der Waals surface area (Å²) in [6.45, 7) is 2.05. The second kappa shape index (κ2) is 5.56. The molecule has 0 amide bonds. The van der Waals surface area contributed by atoms with Crippen LogP contribution in [0.15, 0.2) is 48.5 Å². The van der Waals surface area contributed by atoms with E-state index >= 15 is 0 Å². The highest BCUT2D eigenvalue weighted by atomic mass is 16.7. The van der Waals surface area contributed by atoms with Crippen LogP contribution in [0.3, 0.4) is 0 Å². The van der Waals surface area contributed by atoms with E-state index in [4.69, 9.17) is 9.57 Å². The zero-order valence-electron chi connectivity index (χ0n) is 10.9. The maximum absolute atomic E-state index is 5.48. The minimum Gasteiger partial charge on any atom is -0.497 e. The fraction of sp³-hybridized carbons (Fsp3) is 0.200. The molecule has 2 aromatic rings. The highest BCUT2D eigenvalue weighted by molar-refractivity contribution is 5.65. The van der Waals surface area contributed by atoms with Gasteiger partial charge in [-0.15, -0.1) is 0 Å². The smallest absolute Gasteiger partial charge is 0.121 e. The van der Waals surface area contributed by atoms with E-state index in [2.05, 4.69) is 0 Å². The van der Waals surface area contributed by atoms with Gasteiger partial charge in [0.25, 0.3) is 0 Å². The highest BCUT2D eigenvalue weighted by Gasteiger charge is 2.12. The van der Waals surface area contributed by atoms with Gasteiger partial charge >= 0.3 is 0 Å². The molecular formula is C15H17NO2. The Balaban J connectivity index is 2.44. The average molecular weight is 243 g/mol. The number of ether oxygens (including phenoxy) is 1. The molecule has 0 saturated heterocycles. The normalized spacial score (nSPS) is 10.2. The Morgan fingerprint density at radius 2 is 1.67 bits per heavy atom. The zero-order valence-corrected chi connectivity index (χ0v) is 10.9. The lowest BCUT2D eigenvalue weighted by molar-refractivity contribution is 0.201. The first kappa shape index (κ1) is 12.5. The van der Waals surface area contributed by atoms with Gasteiger partial charge in [0.2, 0.25) is 0 Å². The van der Waals surface area contributed by atoms with Crippen molar-refractivity contribution in [1.82, 2.24) is 0 Å². The molecule has 3 nitrogen and oxygen atoms in total. The summed E-state index contributed by atoms with van der Waals surface area (Å²) in [7, 11) is 3.32. The standard InChI is InChI=1S/C15H17NO2/c1-12-9-10-14(17-2)11-15(12)16(18-3)13-7-5-4-6-8-13/h4-11H,1-3H3. The quantitative estimate of drug-likeness (QED) is 0.764. The Labute approximate surface area is 108 Å². The Morgan fingerprint density at radius 3 is 2.28 bits per heavy atom. The number of nitrogens with zero attached hydrogens (tertiary/aromatic N) is 1. The fourth-order valence-corrected chi connectivity index (χ4v) is 1.84. The number of anilines is 2. The molecule has 0 N–H and O–H groups in total. The third-order valence-corrected chi connectivity index (χ3v) is 2.81. The average Bonchev–Trinajstić information content (AvgIpc) is 2.43. The lowest BCUT2D eigenvalue weighted by Crippen LogP contribution is -2.16. The minimum atomic E-state index is 0.814. The van der Waals surface area contributed by atoms with Crippen LogP contribution >= 0.6 is 0 Å². The summed E-state index contributed by atoms with van der Waals surface area (Å²) in [5, 5.41) is 1.79. The Kier molecular flexibility index (Phi) is 3.85. The van der Waals surface area contributed by atoms with E-state index in [9.17, 15) is 0 Å². The summed E-state index contributed by atoms with van der Waals surface area (Å²) in [6.07, 6.45) is 0. The first-order valence-electron chi connectivity index (χ1n) is 5.80. The lowest BCUT2D eigenvalue weighted by Gasteiger charge is -2.24. The minimum absolute atomic E-state index is 0.814. The van der Waals surface area contributed by atoms with Gasteiger partial charge < -0.3 is 4.74 Å². The molecule has 0 spiro atoms. The maximum atomic E-state index is 5.48. The van der Waals surface area contributed by atoms with Crippen LogP contribution in [-0.2, 0) is 4.84 Å². The summed E-state index contributed by atoms with van der Waals surface area (Å²) in [6, 6.07) is 15.9. The molecule has 0 atom stereocenters. The second-order valence-corrected chi connectivity index (χ2v) is 3.96. The largest absolute Gasteiger partial charge is 0.497 e. The van der Waals surface area contributed by atoms with Crippen LogP contribution in [0.5, 0.6) is 5.75 Å². The van der Waals surface area contributed by atoms with Gasteiger partial charge in [-0.05, 0) is 30.7 Å². The lowest BCUT2D eigenvalue weighted by atomic mass is 10.1. The molecule has 18 heavy (non-hydrogen) atoms. The van der Waals surface area contributed by atoms with Crippen molar-refractivity contribution in [2.75, 3.05) is 19.3 Å². The van der Waals surface area contributed by atoms with Gasteiger partial charge in [0, 0.05) is 6.07 Å². The van der Waals surface area contributed by atoms with Crippen LogP contribution in [-0.4, -0.2) is 14.2 Å². The molecule has 2 rings (SSSR count). The van der Waals surface area contributed by atoms with Gasteiger partial charge in [0.15, 0.2) is 0 Å². The van der Waals surface area contributed by atoms with E-state index < -0.39 is 0 Å². The molecule has 0 bridgehead atoms. The molecule has 0 radical (unpaired) electrons. The summed E-state index contributed by atoms with van der Waals surface area (Å²) in [5.74, 6) is 0.814. The van der Waals surface area contributed by atoms with Gasteiger partial charge in [-0.2, -0.15) is 0 Å². The van der Waals surface area contributed by atoms with Crippen LogP contribution in [0, 0.1) is 6.92 Å². The fourth-order valence-electron chi connectivity index (χ4n) is 1.84. The number of hydrogen-bond acceptors (Lipinski definition) is 3. The number of benzene rings is 2. The van der Waals surface area contributed by atoms with E-state index in [0.29, 0.717) is 0 Å². The van der Waals surface area contributed by atoms with Crippen LogP contribution in [0.1, 0.15) is 5.56 Å². The Morgan fingerprint density at radius 1 is 0.944 bits per heavy atom. The summed E-state index contributed by atoms with van der Waals surface area (Å²) in [5.41, 5.74) is 3.08. The van der Waals surface area contributed by atoms with Crippen molar-refractivity contribution in [2.45, 2.75) is 6.92 Å². The molecule has 0 fully saturated rings. The third-order valence-electron chi connectivity index (χ3n) is 2.81. The third kappa shape index (κ3) is 2.46. The molecule has 0 unspecified atom stereocenters. The summed E-state index contributed by atoms with van der Waals surface area (Å²) in [4.78, 5) is 5.48. The second-order valence-electron chi connectivity index (χ2n) is 3.96. The van der Waals surface area contributed by atoms with E-state index in [-0.39, 0.29) is 0 Å². The zero-order chi connectivity index (χ0) is 13.0.